The summed E-state index contributed by atoms with van der Waals surface area (Å²) in [5, 5.41) is 0. The summed E-state index contributed by atoms with van der Waals surface area (Å²) >= 11 is 0. The third kappa shape index (κ3) is 3.24. The first-order valence-corrected chi connectivity index (χ1v) is 14.6. The van der Waals surface area contributed by atoms with Crippen molar-refractivity contribution in [2.24, 2.45) is 57.2 Å². The minimum atomic E-state index is -0.315. The van der Waals surface area contributed by atoms with Crippen molar-refractivity contribution in [3.63, 3.8) is 0 Å². The highest BCUT2D eigenvalue weighted by atomic mass is 16.5. The second-order valence-electron chi connectivity index (χ2n) is 15.0. The maximum absolute atomic E-state index is 13.5. The van der Waals surface area contributed by atoms with E-state index in [1.807, 2.05) is 0 Å². The molecule has 10 atom stereocenters. The van der Waals surface area contributed by atoms with Gasteiger partial charge in [0.25, 0.3) is 0 Å². The third-order valence-corrected chi connectivity index (χ3v) is 12.7. The zero-order valence-corrected chi connectivity index (χ0v) is 22.5. The molecular formula is C32H42O4. The Balaban J connectivity index is 1.03. The lowest BCUT2D eigenvalue weighted by atomic mass is 9.41. The Morgan fingerprint density at radius 1 is 0.667 bits per heavy atom. The maximum atomic E-state index is 13.5. The molecule has 36 heavy (non-hydrogen) atoms. The van der Waals surface area contributed by atoms with Gasteiger partial charge < -0.3 is 9.47 Å². The molecule has 0 heterocycles. The molecule has 8 aliphatic carbocycles. The lowest BCUT2D eigenvalue weighted by molar-refractivity contribution is -0.181. The van der Waals surface area contributed by atoms with Crippen LogP contribution < -0.4 is 9.47 Å². The average Bonchev–Trinajstić information content (AvgIpc) is 2.81. The Hall–Kier alpha value is -1.84. The standard InChI is InChI=1S/C32H42O4/c1-19-23-9-21-11-29(19,3)17-31(13-21,15-23)27(33)35-25-5-7-26(8-6-25)36-28(34)32-14-22-10-24(16-32)20(2)30(4,12-22)18-32/h5-8,19-24H,9-18H2,1-4H3. The van der Waals surface area contributed by atoms with Crippen molar-refractivity contribution in [1.29, 1.82) is 0 Å². The van der Waals surface area contributed by atoms with Crippen LogP contribution in [0, 0.1) is 57.2 Å². The number of ether oxygens (including phenoxy) is 2. The van der Waals surface area contributed by atoms with Crippen LogP contribution >= 0.6 is 0 Å². The Kier molecular flexibility index (Phi) is 4.78. The lowest BCUT2D eigenvalue weighted by Gasteiger charge is -2.63. The van der Waals surface area contributed by atoms with Gasteiger partial charge in [0.1, 0.15) is 11.5 Å². The van der Waals surface area contributed by atoms with Crippen LogP contribution in [0.25, 0.3) is 0 Å². The zero-order valence-electron chi connectivity index (χ0n) is 22.5. The van der Waals surface area contributed by atoms with Gasteiger partial charge in [-0.2, -0.15) is 0 Å². The number of esters is 2. The minimum absolute atomic E-state index is 0.0456. The Morgan fingerprint density at radius 2 is 1.06 bits per heavy atom. The summed E-state index contributed by atoms with van der Waals surface area (Å²) in [6.07, 6.45) is 11.0. The van der Waals surface area contributed by atoms with Crippen molar-refractivity contribution in [3.8, 4) is 11.5 Å². The molecule has 4 heteroatoms. The van der Waals surface area contributed by atoms with Crippen molar-refractivity contribution in [3.05, 3.63) is 24.3 Å². The molecule has 0 amide bonds. The molecular weight excluding hydrogens is 448 g/mol. The van der Waals surface area contributed by atoms with E-state index in [2.05, 4.69) is 27.7 Å². The number of rotatable bonds is 4. The van der Waals surface area contributed by atoms with Crippen molar-refractivity contribution in [2.75, 3.05) is 0 Å². The number of hydrogen-bond donors (Lipinski definition) is 0. The fourth-order valence-electron chi connectivity index (χ4n) is 11.2. The van der Waals surface area contributed by atoms with E-state index in [0.717, 1.165) is 38.5 Å². The number of benzene rings is 1. The summed E-state index contributed by atoms with van der Waals surface area (Å²) in [6, 6.07) is 7.20. The van der Waals surface area contributed by atoms with Crippen LogP contribution in [0.5, 0.6) is 11.5 Å². The van der Waals surface area contributed by atoms with E-state index >= 15 is 0 Å². The van der Waals surface area contributed by atoms with Gasteiger partial charge in [0, 0.05) is 0 Å². The van der Waals surface area contributed by atoms with Crippen LogP contribution in [0.15, 0.2) is 24.3 Å². The summed E-state index contributed by atoms with van der Waals surface area (Å²) in [6.45, 7) is 9.58. The molecule has 8 bridgehead atoms. The summed E-state index contributed by atoms with van der Waals surface area (Å²) in [5.74, 6) is 5.07. The van der Waals surface area contributed by atoms with Crippen LogP contribution in [0.2, 0.25) is 0 Å². The third-order valence-electron chi connectivity index (χ3n) is 12.7. The molecule has 0 aliphatic heterocycles. The molecule has 10 unspecified atom stereocenters. The van der Waals surface area contributed by atoms with Gasteiger partial charge in [0.2, 0.25) is 0 Å². The predicted octanol–water partition coefficient (Wildman–Crippen LogP) is 7.20. The number of hydrogen-bond acceptors (Lipinski definition) is 4. The number of carbonyl (C=O) groups is 2. The van der Waals surface area contributed by atoms with Crippen LogP contribution in [0.3, 0.4) is 0 Å². The van der Waals surface area contributed by atoms with E-state index in [-0.39, 0.29) is 33.6 Å². The molecule has 1 aromatic rings. The van der Waals surface area contributed by atoms with Crippen LogP contribution in [0.4, 0.5) is 0 Å². The van der Waals surface area contributed by atoms with E-state index in [0.29, 0.717) is 47.0 Å². The van der Waals surface area contributed by atoms with Gasteiger partial charge in [-0.05, 0) is 135 Å². The molecule has 194 valence electrons. The van der Waals surface area contributed by atoms with Crippen molar-refractivity contribution in [2.45, 2.75) is 91.9 Å². The fraction of sp³-hybridized carbons (Fsp3) is 0.750. The van der Waals surface area contributed by atoms with E-state index in [9.17, 15) is 9.59 Å². The summed E-state index contributed by atoms with van der Waals surface area (Å²) in [7, 11) is 0. The first kappa shape index (κ1) is 23.3. The van der Waals surface area contributed by atoms with Gasteiger partial charge in [-0.3, -0.25) is 9.59 Å². The molecule has 4 nitrogen and oxygen atoms in total. The van der Waals surface area contributed by atoms with Crippen LogP contribution in [-0.4, -0.2) is 11.9 Å². The summed E-state index contributed by atoms with van der Waals surface area (Å²) in [4.78, 5) is 27.0. The highest BCUT2D eigenvalue weighted by molar-refractivity contribution is 5.81. The molecule has 0 radical (unpaired) electrons. The lowest BCUT2D eigenvalue weighted by Crippen LogP contribution is -2.58. The van der Waals surface area contributed by atoms with Crippen LogP contribution in [0.1, 0.15) is 91.9 Å². The van der Waals surface area contributed by atoms with Crippen molar-refractivity contribution in [1.82, 2.24) is 0 Å². The smallest absolute Gasteiger partial charge is 0.317 e. The Labute approximate surface area is 215 Å². The summed E-state index contributed by atoms with van der Waals surface area (Å²) < 4.78 is 12.0. The number of carbonyl (C=O) groups excluding carboxylic acids is 2. The SMILES string of the molecule is CC1C2CC3CC(C(=O)Oc4ccc(OC(=O)C56CC7CC(C5)C(C)C(C)(C7)C6)cc4)(C2)CC1(C)C3. The first-order chi connectivity index (χ1) is 17.0. The Bertz CT molecular complexity index is 1020. The fourth-order valence-corrected chi connectivity index (χ4v) is 11.2. The molecule has 8 aliphatic rings. The average molecular weight is 491 g/mol. The highest BCUT2D eigenvalue weighted by Crippen LogP contribution is 2.68. The highest BCUT2D eigenvalue weighted by Gasteiger charge is 2.63. The molecule has 9 rings (SSSR count). The van der Waals surface area contributed by atoms with Crippen LogP contribution in [-0.2, 0) is 9.59 Å². The quantitative estimate of drug-likeness (QED) is 0.331. The Morgan fingerprint density at radius 3 is 1.42 bits per heavy atom. The second kappa shape index (κ2) is 7.38. The summed E-state index contributed by atoms with van der Waals surface area (Å²) in [5.41, 5.74) is -0.0888. The van der Waals surface area contributed by atoms with Gasteiger partial charge in [-0.25, -0.2) is 0 Å². The predicted molar refractivity (Wildman–Crippen MR) is 137 cm³/mol. The van der Waals surface area contributed by atoms with Gasteiger partial charge in [0.15, 0.2) is 0 Å². The second-order valence-corrected chi connectivity index (χ2v) is 15.0. The maximum Gasteiger partial charge on any atom is 0.317 e. The van der Waals surface area contributed by atoms with Gasteiger partial charge in [-0.1, -0.05) is 27.7 Å². The van der Waals surface area contributed by atoms with Crippen molar-refractivity contribution < 1.29 is 19.1 Å². The molecule has 0 spiro atoms. The monoisotopic (exact) mass is 490 g/mol. The molecule has 0 N–H and O–H groups in total. The van der Waals surface area contributed by atoms with Crippen molar-refractivity contribution >= 4 is 11.9 Å². The zero-order chi connectivity index (χ0) is 25.1. The van der Waals surface area contributed by atoms with E-state index in [1.165, 1.54) is 25.7 Å². The van der Waals surface area contributed by atoms with E-state index in [1.54, 1.807) is 24.3 Å². The molecule has 8 saturated carbocycles. The van der Waals surface area contributed by atoms with Gasteiger partial charge in [0.05, 0.1) is 10.8 Å². The molecule has 8 fully saturated rings. The van der Waals surface area contributed by atoms with E-state index in [4.69, 9.17) is 9.47 Å². The minimum Gasteiger partial charge on any atom is -0.426 e. The topological polar surface area (TPSA) is 52.6 Å². The molecule has 0 aromatic heterocycles. The van der Waals surface area contributed by atoms with E-state index < -0.39 is 0 Å². The largest absolute Gasteiger partial charge is 0.426 e. The first-order valence-electron chi connectivity index (χ1n) is 14.6. The molecule has 0 saturated heterocycles. The normalized spacial score (nSPS) is 49.8. The van der Waals surface area contributed by atoms with Gasteiger partial charge in [-0.15, -0.1) is 0 Å². The molecule has 1 aromatic carbocycles. The van der Waals surface area contributed by atoms with Gasteiger partial charge >= 0.3 is 11.9 Å².